The van der Waals surface area contributed by atoms with Crippen LogP contribution in [0.3, 0.4) is 0 Å². The highest BCUT2D eigenvalue weighted by atomic mass is 32.2. The minimum absolute atomic E-state index is 0.241. The summed E-state index contributed by atoms with van der Waals surface area (Å²) in [7, 11) is -3.63. The zero-order chi connectivity index (χ0) is 12.6. The van der Waals surface area contributed by atoms with Crippen molar-refractivity contribution in [1.82, 2.24) is 9.03 Å². The van der Waals surface area contributed by atoms with Gasteiger partial charge >= 0.3 is 10.2 Å². The van der Waals surface area contributed by atoms with Crippen LogP contribution in [0.5, 0.6) is 0 Å². The van der Waals surface area contributed by atoms with E-state index >= 15 is 0 Å². The molecule has 0 saturated carbocycles. The molecule has 0 heterocycles. The third kappa shape index (κ3) is 5.46. The molecule has 0 aliphatic heterocycles. The van der Waals surface area contributed by atoms with Crippen molar-refractivity contribution < 1.29 is 13.2 Å². The highest BCUT2D eigenvalue weighted by Gasteiger charge is 2.21. The Kier molecular flexibility index (Phi) is 7.33. The maximum absolute atomic E-state index is 11.8. The second-order valence-corrected chi connectivity index (χ2v) is 5.35. The standard InChI is InChI=1S/C10H22N2O3S/c1-4-7-10(13)11-16(14,15)12(8-5-2)9-6-3/h4-9H2,1-3H3,(H,11,13). The Labute approximate surface area is 98.4 Å². The van der Waals surface area contributed by atoms with E-state index in [0.29, 0.717) is 19.5 Å². The Balaban J connectivity index is 4.52. The molecule has 6 heteroatoms. The van der Waals surface area contributed by atoms with Crippen molar-refractivity contribution in [2.45, 2.75) is 46.5 Å². The molecule has 0 aromatic rings. The predicted molar refractivity (Wildman–Crippen MR) is 64.1 cm³/mol. The third-order valence-corrected chi connectivity index (χ3v) is 3.54. The van der Waals surface area contributed by atoms with Crippen molar-refractivity contribution in [3.63, 3.8) is 0 Å². The van der Waals surface area contributed by atoms with Crippen LogP contribution >= 0.6 is 0 Å². The normalized spacial score (nSPS) is 11.8. The highest BCUT2D eigenvalue weighted by Crippen LogP contribution is 2.02. The molecule has 0 spiro atoms. The average molecular weight is 250 g/mol. The summed E-state index contributed by atoms with van der Waals surface area (Å²) in [6, 6.07) is 0. The quantitative estimate of drug-likeness (QED) is 0.705. The summed E-state index contributed by atoms with van der Waals surface area (Å²) in [5.74, 6) is -0.431. The summed E-state index contributed by atoms with van der Waals surface area (Å²) in [6.07, 6.45) is 2.36. The molecule has 96 valence electrons. The Morgan fingerprint density at radius 1 is 1.06 bits per heavy atom. The molecule has 0 aromatic carbocycles. The SMILES string of the molecule is CCCC(=O)NS(=O)(=O)N(CCC)CCC. The maximum Gasteiger partial charge on any atom is 0.303 e. The van der Waals surface area contributed by atoms with E-state index in [4.69, 9.17) is 0 Å². The minimum Gasteiger partial charge on any atom is -0.274 e. The monoisotopic (exact) mass is 250 g/mol. The van der Waals surface area contributed by atoms with Crippen molar-refractivity contribution >= 4 is 16.1 Å². The summed E-state index contributed by atoms with van der Waals surface area (Å²) in [5.41, 5.74) is 0. The first-order valence-corrected chi connectivity index (χ1v) is 7.22. The van der Waals surface area contributed by atoms with Crippen LogP contribution in [0.4, 0.5) is 0 Å². The number of hydrogen-bond acceptors (Lipinski definition) is 3. The summed E-state index contributed by atoms with van der Waals surface area (Å²) in [6.45, 7) is 6.55. The molecule has 0 fully saturated rings. The van der Waals surface area contributed by atoms with Gasteiger partial charge in [0.15, 0.2) is 0 Å². The predicted octanol–water partition coefficient (Wildman–Crippen LogP) is 1.27. The molecule has 0 radical (unpaired) electrons. The zero-order valence-corrected chi connectivity index (χ0v) is 11.1. The van der Waals surface area contributed by atoms with Gasteiger partial charge in [0, 0.05) is 19.5 Å². The van der Waals surface area contributed by atoms with Gasteiger partial charge in [-0.2, -0.15) is 12.7 Å². The molecule has 0 rings (SSSR count). The molecular weight excluding hydrogens is 228 g/mol. The Morgan fingerprint density at radius 2 is 1.56 bits per heavy atom. The summed E-state index contributed by atoms with van der Waals surface area (Å²) < 4.78 is 27.0. The first-order valence-electron chi connectivity index (χ1n) is 5.78. The molecule has 0 unspecified atom stereocenters. The molecule has 1 N–H and O–H groups in total. The Hall–Kier alpha value is -0.620. The lowest BCUT2D eigenvalue weighted by molar-refractivity contribution is -0.119. The van der Waals surface area contributed by atoms with Crippen LogP contribution in [0.15, 0.2) is 0 Å². The van der Waals surface area contributed by atoms with Crippen LogP contribution in [0.25, 0.3) is 0 Å². The fraction of sp³-hybridized carbons (Fsp3) is 0.900. The molecule has 16 heavy (non-hydrogen) atoms. The minimum atomic E-state index is -3.63. The Bertz CT molecular complexity index is 295. The molecule has 5 nitrogen and oxygen atoms in total. The molecule has 0 bridgehead atoms. The van der Waals surface area contributed by atoms with E-state index in [1.54, 1.807) is 0 Å². The summed E-state index contributed by atoms with van der Waals surface area (Å²) in [4.78, 5) is 11.3. The van der Waals surface area contributed by atoms with Crippen molar-refractivity contribution in [3.8, 4) is 0 Å². The average Bonchev–Trinajstić information content (AvgIpc) is 2.17. The van der Waals surface area contributed by atoms with Gasteiger partial charge < -0.3 is 0 Å². The lowest BCUT2D eigenvalue weighted by atomic mass is 10.3. The van der Waals surface area contributed by atoms with Gasteiger partial charge in [0.05, 0.1) is 0 Å². The van der Waals surface area contributed by atoms with Crippen LogP contribution in [-0.4, -0.2) is 31.7 Å². The summed E-state index contributed by atoms with van der Waals surface area (Å²) >= 11 is 0. The van der Waals surface area contributed by atoms with Gasteiger partial charge in [-0.3, -0.25) is 4.79 Å². The number of nitrogens with one attached hydrogen (secondary N) is 1. The lowest BCUT2D eigenvalue weighted by Gasteiger charge is -2.20. The van der Waals surface area contributed by atoms with Gasteiger partial charge in [0.2, 0.25) is 5.91 Å². The van der Waals surface area contributed by atoms with Crippen molar-refractivity contribution in [3.05, 3.63) is 0 Å². The van der Waals surface area contributed by atoms with Crippen molar-refractivity contribution in [1.29, 1.82) is 0 Å². The second-order valence-electron chi connectivity index (χ2n) is 3.68. The molecule has 1 amide bonds. The van der Waals surface area contributed by atoms with Gasteiger partial charge in [-0.15, -0.1) is 0 Å². The number of amides is 1. The van der Waals surface area contributed by atoms with Crippen LogP contribution < -0.4 is 4.72 Å². The van der Waals surface area contributed by atoms with Gasteiger partial charge in [0.25, 0.3) is 0 Å². The van der Waals surface area contributed by atoms with Gasteiger partial charge in [-0.25, -0.2) is 4.72 Å². The first-order chi connectivity index (χ1) is 7.47. The van der Waals surface area contributed by atoms with E-state index in [9.17, 15) is 13.2 Å². The fourth-order valence-corrected chi connectivity index (χ4v) is 2.70. The molecule has 0 saturated heterocycles. The smallest absolute Gasteiger partial charge is 0.274 e. The highest BCUT2D eigenvalue weighted by molar-refractivity contribution is 7.87. The first kappa shape index (κ1) is 15.4. The van der Waals surface area contributed by atoms with Crippen LogP contribution in [0.2, 0.25) is 0 Å². The molecule has 0 aliphatic rings. The van der Waals surface area contributed by atoms with Crippen molar-refractivity contribution in [2.75, 3.05) is 13.1 Å². The number of nitrogens with zero attached hydrogens (tertiary/aromatic N) is 1. The number of carbonyl (C=O) groups excluding carboxylic acids is 1. The zero-order valence-electron chi connectivity index (χ0n) is 10.3. The summed E-state index contributed by atoms with van der Waals surface area (Å²) in [5, 5.41) is 0. The molecular formula is C10H22N2O3S. The molecule has 0 atom stereocenters. The molecule has 0 aliphatic carbocycles. The van der Waals surface area contributed by atoms with Crippen LogP contribution in [-0.2, 0) is 15.0 Å². The van der Waals surface area contributed by atoms with Crippen LogP contribution in [0, 0.1) is 0 Å². The molecule has 0 aromatic heterocycles. The lowest BCUT2D eigenvalue weighted by Crippen LogP contribution is -2.44. The van der Waals surface area contributed by atoms with E-state index < -0.39 is 16.1 Å². The fourth-order valence-electron chi connectivity index (χ4n) is 1.34. The number of hydrogen-bond donors (Lipinski definition) is 1. The largest absolute Gasteiger partial charge is 0.303 e. The number of carbonyl (C=O) groups is 1. The van der Waals surface area contributed by atoms with Gasteiger partial charge in [-0.05, 0) is 19.3 Å². The van der Waals surface area contributed by atoms with E-state index in [0.717, 1.165) is 12.8 Å². The van der Waals surface area contributed by atoms with E-state index in [1.807, 2.05) is 20.8 Å². The third-order valence-electron chi connectivity index (χ3n) is 2.01. The maximum atomic E-state index is 11.8. The second kappa shape index (κ2) is 7.62. The van der Waals surface area contributed by atoms with Gasteiger partial charge in [0.1, 0.15) is 0 Å². The topological polar surface area (TPSA) is 66.5 Å². The van der Waals surface area contributed by atoms with E-state index in [2.05, 4.69) is 4.72 Å². The van der Waals surface area contributed by atoms with Crippen molar-refractivity contribution in [2.24, 2.45) is 0 Å². The Morgan fingerprint density at radius 3 is 1.94 bits per heavy atom. The van der Waals surface area contributed by atoms with Gasteiger partial charge in [-0.1, -0.05) is 20.8 Å². The van der Waals surface area contributed by atoms with E-state index in [1.165, 1.54) is 4.31 Å². The van der Waals surface area contributed by atoms with Crippen LogP contribution in [0.1, 0.15) is 46.5 Å². The number of rotatable bonds is 8. The van der Waals surface area contributed by atoms with E-state index in [-0.39, 0.29) is 6.42 Å².